The summed E-state index contributed by atoms with van der Waals surface area (Å²) in [4.78, 5) is 10.6. The van der Waals surface area contributed by atoms with Gasteiger partial charge >= 0.3 is 0 Å². The molecule has 0 aliphatic carbocycles. The fourth-order valence-corrected chi connectivity index (χ4v) is 2.11. The van der Waals surface area contributed by atoms with E-state index in [1.165, 1.54) is 0 Å². The highest BCUT2D eigenvalue weighted by molar-refractivity contribution is 14.1. The minimum Gasteiger partial charge on any atom is -0.399 e. The number of nitrogens with one attached hydrogen (secondary N) is 1. The first-order valence-corrected chi connectivity index (χ1v) is 6.66. The Morgan fingerprint density at radius 2 is 1.89 bits per heavy atom. The Bertz CT molecular complexity index is 599. The molecule has 0 bridgehead atoms. The van der Waals surface area contributed by atoms with E-state index >= 15 is 0 Å². The number of hydrogen-bond donors (Lipinski definition) is 2. The number of nitrogen functional groups attached to an aromatic ring is 1. The Kier molecular flexibility index (Phi) is 4.20. The van der Waals surface area contributed by atoms with Gasteiger partial charge in [-0.25, -0.2) is 0 Å². The molecule has 0 unspecified atom stereocenters. The zero-order chi connectivity index (χ0) is 13.8. The molecule has 2 rings (SSSR count). The molecule has 5 nitrogen and oxygen atoms in total. The van der Waals surface area contributed by atoms with Gasteiger partial charge < -0.3 is 11.1 Å². The van der Waals surface area contributed by atoms with Gasteiger partial charge in [-0.1, -0.05) is 12.1 Å². The van der Waals surface area contributed by atoms with Crippen molar-refractivity contribution < 1.29 is 4.92 Å². The third kappa shape index (κ3) is 3.57. The molecule has 3 N–H and O–H groups in total. The van der Waals surface area contributed by atoms with Crippen LogP contribution in [0.25, 0.3) is 0 Å². The molecule has 0 radical (unpaired) electrons. The van der Waals surface area contributed by atoms with E-state index in [4.69, 9.17) is 5.73 Å². The van der Waals surface area contributed by atoms with E-state index in [1.807, 2.05) is 18.2 Å². The second-order valence-corrected chi connectivity index (χ2v) is 5.26. The van der Waals surface area contributed by atoms with Crippen LogP contribution in [0.3, 0.4) is 0 Å². The molecule has 0 saturated heterocycles. The SMILES string of the molecule is Nc1ccc(CNc2ccc(I)cc2[N+](=O)[O-])cc1. The van der Waals surface area contributed by atoms with Crippen LogP contribution in [0.5, 0.6) is 0 Å². The average molecular weight is 369 g/mol. The number of nitrogens with zero attached hydrogens (tertiary/aromatic N) is 1. The predicted molar refractivity (Wildman–Crippen MR) is 84.0 cm³/mol. The number of nitrogens with two attached hydrogens (primary N) is 1. The van der Waals surface area contributed by atoms with Crippen molar-refractivity contribution in [2.45, 2.75) is 6.54 Å². The van der Waals surface area contributed by atoms with E-state index in [0.717, 1.165) is 9.13 Å². The van der Waals surface area contributed by atoms with Crippen LogP contribution in [-0.4, -0.2) is 4.92 Å². The molecule has 2 aromatic rings. The van der Waals surface area contributed by atoms with Crippen molar-refractivity contribution in [1.29, 1.82) is 0 Å². The molecule has 2 aromatic carbocycles. The maximum Gasteiger partial charge on any atom is 0.293 e. The zero-order valence-corrected chi connectivity index (χ0v) is 12.1. The summed E-state index contributed by atoms with van der Waals surface area (Å²) in [5.41, 5.74) is 7.92. The van der Waals surface area contributed by atoms with Gasteiger partial charge in [0.2, 0.25) is 0 Å². The number of nitro groups is 1. The van der Waals surface area contributed by atoms with Crippen LogP contribution < -0.4 is 11.1 Å². The summed E-state index contributed by atoms with van der Waals surface area (Å²) in [6.45, 7) is 0.516. The van der Waals surface area contributed by atoms with E-state index in [9.17, 15) is 10.1 Å². The Labute approximate surface area is 124 Å². The largest absolute Gasteiger partial charge is 0.399 e. The normalized spacial score (nSPS) is 10.2. The van der Waals surface area contributed by atoms with Crippen LogP contribution >= 0.6 is 22.6 Å². The van der Waals surface area contributed by atoms with Gasteiger partial charge in [-0.2, -0.15) is 0 Å². The van der Waals surface area contributed by atoms with Gasteiger partial charge in [-0.3, -0.25) is 10.1 Å². The lowest BCUT2D eigenvalue weighted by Crippen LogP contribution is -2.03. The summed E-state index contributed by atoms with van der Waals surface area (Å²) < 4.78 is 0.835. The molecule has 98 valence electrons. The van der Waals surface area contributed by atoms with Crippen molar-refractivity contribution >= 4 is 39.7 Å². The van der Waals surface area contributed by atoms with Crippen LogP contribution in [-0.2, 0) is 6.54 Å². The molecule has 0 aliphatic rings. The summed E-state index contributed by atoms with van der Waals surface area (Å²) in [5, 5.41) is 14.0. The Hall–Kier alpha value is -1.83. The third-order valence-corrected chi connectivity index (χ3v) is 3.29. The first-order chi connectivity index (χ1) is 9.06. The van der Waals surface area contributed by atoms with E-state index in [1.54, 1.807) is 24.3 Å². The molecule has 19 heavy (non-hydrogen) atoms. The maximum absolute atomic E-state index is 11.0. The van der Waals surface area contributed by atoms with E-state index in [2.05, 4.69) is 27.9 Å². The molecule has 0 saturated carbocycles. The fraction of sp³-hybridized carbons (Fsp3) is 0.0769. The van der Waals surface area contributed by atoms with Crippen LogP contribution in [0.2, 0.25) is 0 Å². The Morgan fingerprint density at radius 3 is 2.53 bits per heavy atom. The van der Waals surface area contributed by atoms with Crippen molar-refractivity contribution in [3.8, 4) is 0 Å². The van der Waals surface area contributed by atoms with Gasteiger partial charge in [0, 0.05) is 21.9 Å². The monoisotopic (exact) mass is 369 g/mol. The molecule has 0 aliphatic heterocycles. The predicted octanol–water partition coefficient (Wildman–Crippen LogP) is 3.39. The van der Waals surface area contributed by atoms with Gasteiger partial charge in [-0.05, 0) is 52.4 Å². The molecular formula is C13H12IN3O2. The second-order valence-electron chi connectivity index (χ2n) is 4.01. The van der Waals surface area contributed by atoms with Gasteiger partial charge in [0.15, 0.2) is 0 Å². The lowest BCUT2D eigenvalue weighted by atomic mass is 10.2. The first-order valence-electron chi connectivity index (χ1n) is 5.58. The van der Waals surface area contributed by atoms with Gasteiger partial charge in [0.05, 0.1) is 4.92 Å². The van der Waals surface area contributed by atoms with E-state index in [0.29, 0.717) is 17.9 Å². The molecule has 6 heteroatoms. The molecule has 0 heterocycles. The lowest BCUT2D eigenvalue weighted by molar-refractivity contribution is -0.384. The number of nitro benzene ring substituents is 1. The topological polar surface area (TPSA) is 81.2 Å². The lowest BCUT2D eigenvalue weighted by Gasteiger charge is -2.07. The van der Waals surface area contributed by atoms with Crippen LogP contribution in [0.1, 0.15) is 5.56 Å². The van der Waals surface area contributed by atoms with Crippen molar-refractivity contribution in [3.63, 3.8) is 0 Å². The second kappa shape index (κ2) is 5.87. The summed E-state index contributed by atoms with van der Waals surface area (Å²) in [6.07, 6.45) is 0. The number of rotatable bonds is 4. The van der Waals surface area contributed by atoms with Crippen LogP contribution in [0.4, 0.5) is 17.1 Å². The molecule has 0 aromatic heterocycles. The molecule has 0 atom stereocenters. The van der Waals surface area contributed by atoms with Crippen molar-refractivity contribution in [2.24, 2.45) is 0 Å². The first kappa shape index (κ1) is 13.6. The van der Waals surface area contributed by atoms with Crippen molar-refractivity contribution in [2.75, 3.05) is 11.1 Å². The fourth-order valence-electron chi connectivity index (χ4n) is 1.64. The number of hydrogen-bond acceptors (Lipinski definition) is 4. The average Bonchev–Trinajstić information content (AvgIpc) is 2.39. The molecule has 0 amide bonds. The van der Waals surface area contributed by atoms with Crippen molar-refractivity contribution in [1.82, 2.24) is 0 Å². The van der Waals surface area contributed by atoms with Gasteiger partial charge in [0.25, 0.3) is 5.69 Å². The summed E-state index contributed by atoms with van der Waals surface area (Å²) in [6, 6.07) is 12.5. The number of anilines is 2. The van der Waals surface area contributed by atoms with Crippen LogP contribution in [0, 0.1) is 13.7 Å². The quantitative estimate of drug-likeness (QED) is 0.375. The molecule has 0 fully saturated rings. The summed E-state index contributed by atoms with van der Waals surface area (Å²) >= 11 is 2.05. The highest BCUT2D eigenvalue weighted by atomic mass is 127. The highest BCUT2D eigenvalue weighted by Gasteiger charge is 2.13. The maximum atomic E-state index is 11.0. The third-order valence-electron chi connectivity index (χ3n) is 2.62. The zero-order valence-electron chi connectivity index (χ0n) is 9.97. The van der Waals surface area contributed by atoms with Gasteiger partial charge in [-0.15, -0.1) is 0 Å². The minimum atomic E-state index is -0.381. The Balaban J connectivity index is 2.15. The Morgan fingerprint density at radius 1 is 1.21 bits per heavy atom. The minimum absolute atomic E-state index is 0.0855. The standard InChI is InChI=1S/C13H12IN3O2/c14-10-3-6-12(13(7-10)17(18)19)16-8-9-1-4-11(15)5-2-9/h1-7,16H,8,15H2. The summed E-state index contributed by atoms with van der Waals surface area (Å²) in [5.74, 6) is 0. The van der Waals surface area contributed by atoms with E-state index in [-0.39, 0.29) is 10.6 Å². The molecular weight excluding hydrogens is 357 g/mol. The van der Waals surface area contributed by atoms with E-state index < -0.39 is 0 Å². The van der Waals surface area contributed by atoms with Crippen molar-refractivity contribution in [3.05, 3.63) is 61.7 Å². The summed E-state index contributed by atoms with van der Waals surface area (Å²) in [7, 11) is 0. The number of halogens is 1. The highest BCUT2D eigenvalue weighted by Crippen LogP contribution is 2.26. The number of benzene rings is 2. The smallest absolute Gasteiger partial charge is 0.293 e. The van der Waals surface area contributed by atoms with Crippen LogP contribution in [0.15, 0.2) is 42.5 Å². The van der Waals surface area contributed by atoms with Gasteiger partial charge in [0.1, 0.15) is 5.69 Å². The molecule has 0 spiro atoms.